The van der Waals surface area contributed by atoms with E-state index in [0.717, 1.165) is 16.9 Å². The summed E-state index contributed by atoms with van der Waals surface area (Å²) < 4.78 is 3.42. The molecule has 1 atom stereocenters. The molecular weight excluding hydrogens is 370 g/mol. The quantitative estimate of drug-likeness (QED) is 0.683. The van der Waals surface area contributed by atoms with Crippen LogP contribution in [0.3, 0.4) is 0 Å². The molecule has 4 rings (SSSR count). The third kappa shape index (κ3) is 3.20. The number of rotatable bonds is 4. The molecule has 1 fully saturated rings. The van der Waals surface area contributed by atoms with Crippen LogP contribution in [0.15, 0.2) is 71.5 Å². The highest BCUT2D eigenvalue weighted by molar-refractivity contribution is 8.01. The van der Waals surface area contributed by atoms with Gasteiger partial charge in [0.25, 0.3) is 5.56 Å². The SMILES string of the molecule is Cc1c(N2C(=O)CSC2/C=C/c2ccccc2)c(=O)n(-c2ccccc2)n1C. The average molecular weight is 391 g/mol. The molecule has 1 aliphatic rings. The van der Waals surface area contributed by atoms with Crippen LogP contribution >= 0.6 is 11.8 Å². The van der Waals surface area contributed by atoms with Crippen molar-refractivity contribution in [1.82, 2.24) is 9.36 Å². The van der Waals surface area contributed by atoms with E-state index in [0.29, 0.717) is 11.4 Å². The number of amides is 1. The van der Waals surface area contributed by atoms with Gasteiger partial charge in [-0.1, -0.05) is 60.7 Å². The molecule has 2 aromatic carbocycles. The van der Waals surface area contributed by atoms with Crippen molar-refractivity contribution in [1.29, 1.82) is 0 Å². The summed E-state index contributed by atoms with van der Waals surface area (Å²) in [6.45, 7) is 1.88. The van der Waals surface area contributed by atoms with E-state index in [1.807, 2.05) is 86.8 Å². The van der Waals surface area contributed by atoms with Crippen LogP contribution in [0, 0.1) is 6.92 Å². The molecule has 1 unspecified atom stereocenters. The lowest BCUT2D eigenvalue weighted by Crippen LogP contribution is -2.35. The minimum absolute atomic E-state index is 0.0428. The molecule has 1 aromatic heterocycles. The topological polar surface area (TPSA) is 47.2 Å². The van der Waals surface area contributed by atoms with Crippen molar-refractivity contribution in [3.63, 3.8) is 0 Å². The first kappa shape index (κ1) is 18.4. The molecule has 1 amide bonds. The Bertz CT molecular complexity index is 1080. The smallest absolute Gasteiger partial charge is 0.289 e. The van der Waals surface area contributed by atoms with Crippen molar-refractivity contribution in [3.05, 3.63) is 88.4 Å². The summed E-state index contributed by atoms with van der Waals surface area (Å²) in [5, 5.41) is -0.203. The van der Waals surface area contributed by atoms with Crippen LogP contribution in [0.2, 0.25) is 0 Å². The lowest BCUT2D eigenvalue weighted by molar-refractivity contribution is -0.115. The molecular formula is C22H21N3O2S. The number of thioether (sulfide) groups is 1. The maximum Gasteiger partial charge on any atom is 0.295 e. The second-order valence-electron chi connectivity index (χ2n) is 6.65. The summed E-state index contributed by atoms with van der Waals surface area (Å²) in [5.74, 6) is 0.321. The highest BCUT2D eigenvalue weighted by atomic mass is 32.2. The zero-order valence-corrected chi connectivity index (χ0v) is 16.6. The summed E-state index contributed by atoms with van der Waals surface area (Å²) in [5.41, 5.74) is 2.88. The van der Waals surface area contributed by atoms with Crippen LogP contribution in [0.4, 0.5) is 5.69 Å². The van der Waals surface area contributed by atoms with E-state index in [1.54, 1.807) is 14.3 Å². The maximum absolute atomic E-state index is 13.3. The zero-order valence-electron chi connectivity index (χ0n) is 15.8. The van der Waals surface area contributed by atoms with Gasteiger partial charge in [0, 0.05) is 7.05 Å². The van der Waals surface area contributed by atoms with Crippen molar-refractivity contribution in [3.8, 4) is 5.69 Å². The second-order valence-corrected chi connectivity index (χ2v) is 7.75. The third-order valence-electron chi connectivity index (χ3n) is 4.92. The van der Waals surface area contributed by atoms with Gasteiger partial charge in [0.05, 0.1) is 17.1 Å². The second kappa shape index (κ2) is 7.56. The van der Waals surface area contributed by atoms with E-state index < -0.39 is 0 Å². The minimum Gasteiger partial charge on any atom is -0.289 e. The Morgan fingerprint density at radius 1 is 1.00 bits per heavy atom. The number of carbonyl (C=O) groups is 1. The Kier molecular flexibility index (Phi) is 4.96. The van der Waals surface area contributed by atoms with Crippen LogP contribution in [0.5, 0.6) is 0 Å². The van der Waals surface area contributed by atoms with Crippen LogP contribution in [-0.4, -0.2) is 26.4 Å². The van der Waals surface area contributed by atoms with Crippen molar-refractivity contribution >= 4 is 29.4 Å². The van der Waals surface area contributed by atoms with Crippen LogP contribution in [0.1, 0.15) is 11.3 Å². The number of hydrogen-bond acceptors (Lipinski definition) is 3. The van der Waals surface area contributed by atoms with Gasteiger partial charge in [-0.15, -0.1) is 11.8 Å². The van der Waals surface area contributed by atoms with E-state index in [4.69, 9.17) is 0 Å². The van der Waals surface area contributed by atoms with Crippen LogP contribution in [-0.2, 0) is 11.8 Å². The van der Waals surface area contributed by atoms with Gasteiger partial charge in [-0.2, -0.15) is 0 Å². The fraction of sp³-hybridized carbons (Fsp3) is 0.182. The first-order chi connectivity index (χ1) is 13.6. The molecule has 1 saturated heterocycles. The van der Waals surface area contributed by atoms with Crippen LogP contribution < -0.4 is 10.5 Å². The van der Waals surface area contributed by atoms with Crippen LogP contribution in [0.25, 0.3) is 11.8 Å². The Hall–Kier alpha value is -2.99. The monoisotopic (exact) mass is 391 g/mol. The van der Waals surface area contributed by atoms with E-state index in [9.17, 15) is 9.59 Å². The molecule has 0 aliphatic carbocycles. The molecule has 0 radical (unpaired) electrons. The molecule has 28 heavy (non-hydrogen) atoms. The van der Waals surface area contributed by atoms with Gasteiger partial charge in [0.2, 0.25) is 5.91 Å². The number of aromatic nitrogens is 2. The number of hydrogen-bond donors (Lipinski definition) is 0. The normalized spacial score (nSPS) is 17.0. The highest BCUT2D eigenvalue weighted by Gasteiger charge is 2.36. The number of nitrogens with zero attached hydrogens (tertiary/aromatic N) is 3. The van der Waals surface area contributed by atoms with E-state index in [2.05, 4.69) is 0 Å². The molecule has 0 N–H and O–H groups in total. The average Bonchev–Trinajstić information content (AvgIpc) is 3.18. The van der Waals surface area contributed by atoms with Gasteiger partial charge in [0.1, 0.15) is 11.1 Å². The lowest BCUT2D eigenvalue weighted by atomic mass is 10.2. The predicted molar refractivity (Wildman–Crippen MR) is 115 cm³/mol. The molecule has 6 heteroatoms. The van der Waals surface area contributed by atoms with E-state index >= 15 is 0 Å². The Balaban J connectivity index is 1.76. The molecule has 3 aromatic rings. The number of carbonyl (C=O) groups excluding carboxylic acids is 1. The maximum atomic E-state index is 13.3. The first-order valence-electron chi connectivity index (χ1n) is 9.09. The van der Waals surface area contributed by atoms with Crippen molar-refractivity contribution < 1.29 is 4.79 Å². The molecule has 0 saturated carbocycles. The van der Waals surface area contributed by atoms with Gasteiger partial charge >= 0.3 is 0 Å². The predicted octanol–water partition coefficient (Wildman–Crippen LogP) is 3.60. The van der Waals surface area contributed by atoms with Gasteiger partial charge in [-0.05, 0) is 24.6 Å². The highest BCUT2D eigenvalue weighted by Crippen LogP contribution is 2.32. The molecule has 0 bridgehead atoms. The summed E-state index contributed by atoms with van der Waals surface area (Å²) in [6, 6.07) is 19.4. The Morgan fingerprint density at radius 2 is 1.64 bits per heavy atom. The Morgan fingerprint density at radius 3 is 2.32 bits per heavy atom. The van der Waals surface area contributed by atoms with Gasteiger partial charge in [-0.25, -0.2) is 4.68 Å². The summed E-state index contributed by atoms with van der Waals surface area (Å²) in [7, 11) is 1.84. The molecule has 5 nitrogen and oxygen atoms in total. The first-order valence-corrected chi connectivity index (χ1v) is 10.1. The molecule has 0 spiro atoms. The minimum atomic E-state index is -0.203. The summed E-state index contributed by atoms with van der Waals surface area (Å²) in [6.07, 6.45) is 3.99. The molecule has 1 aliphatic heterocycles. The van der Waals surface area contributed by atoms with Gasteiger partial charge < -0.3 is 0 Å². The van der Waals surface area contributed by atoms with E-state index in [1.165, 1.54) is 11.8 Å². The molecule has 2 heterocycles. The van der Waals surface area contributed by atoms with Crippen molar-refractivity contribution in [2.24, 2.45) is 7.05 Å². The zero-order chi connectivity index (χ0) is 19.7. The largest absolute Gasteiger partial charge is 0.295 e. The fourth-order valence-electron chi connectivity index (χ4n) is 3.43. The lowest BCUT2D eigenvalue weighted by Gasteiger charge is -2.20. The fourth-order valence-corrected chi connectivity index (χ4v) is 4.44. The standard InChI is InChI=1S/C22H21N3O2S/c1-16-21(22(27)25(23(16)2)18-11-7-4-8-12-18)24-19(26)15-28-20(24)14-13-17-9-5-3-6-10-17/h3-14,20H,15H2,1-2H3/b14-13+. The van der Waals surface area contributed by atoms with Gasteiger partial charge in [-0.3, -0.25) is 19.2 Å². The van der Waals surface area contributed by atoms with Crippen molar-refractivity contribution in [2.45, 2.75) is 12.3 Å². The third-order valence-corrected chi connectivity index (χ3v) is 6.04. The van der Waals surface area contributed by atoms with E-state index in [-0.39, 0.29) is 16.8 Å². The summed E-state index contributed by atoms with van der Waals surface area (Å²) >= 11 is 1.53. The van der Waals surface area contributed by atoms with Crippen molar-refractivity contribution in [2.75, 3.05) is 10.7 Å². The number of para-hydroxylation sites is 1. The number of benzene rings is 2. The number of anilines is 1. The summed E-state index contributed by atoms with van der Waals surface area (Å²) in [4.78, 5) is 27.6. The van der Waals surface area contributed by atoms with Gasteiger partial charge in [0.15, 0.2) is 0 Å². The molecule has 142 valence electrons. The Labute approximate surface area is 167 Å².